The van der Waals surface area contributed by atoms with Crippen LogP contribution in [0.2, 0.25) is 0 Å². The van der Waals surface area contributed by atoms with E-state index in [0.717, 1.165) is 38.2 Å². The van der Waals surface area contributed by atoms with Gasteiger partial charge in [0.15, 0.2) is 5.12 Å². The molecular formula is C21H23NO3S. The number of carbonyl (C=O) groups excluding carboxylic acids is 1. The minimum atomic E-state index is -0.0103. The topological polar surface area (TPSA) is 62.5 Å². The molecule has 3 aromatic rings. The lowest BCUT2D eigenvalue weighted by Gasteiger charge is -2.05. The van der Waals surface area contributed by atoms with Crippen molar-refractivity contribution in [2.75, 3.05) is 6.61 Å². The van der Waals surface area contributed by atoms with Gasteiger partial charge in [-0.05, 0) is 54.3 Å². The fourth-order valence-electron chi connectivity index (χ4n) is 3.22. The highest BCUT2D eigenvalue weighted by Gasteiger charge is 2.16. The molecule has 0 fully saturated rings. The van der Waals surface area contributed by atoms with Crippen LogP contribution < -0.4 is 0 Å². The Bertz CT molecular complexity index is 946. The van der Waals surface area contributed by atoms with Gasteiger partial charge < -0.3 is 14.8 Å². The van der Waals surface area contributed by atoms with Gasteiger partial charge in [-0.1, -0.05) is 30.0 Å². The molecule has 0 bridgehead atoms. The van der Waals surface area contributed by atoms with Gasteiger partial charge >= 0.3 is 0 Å². The lowest BCUT2D eigenvalue weighted by molar-refractivity contribution is -0.110. The Kier molecular flexibility index (Phi) is 5.81. The molecule has 2 aromatic carbocycles. The van der Waals surface area contributed by atoms with Crippen molar-refractivity contribution in [1.82, 2.24) is 4.57 Å². The number of fused-ring (bicyclic) bond motifs is 1. The molecule has 136 valence electrons. The van der Waals surface area contributed by atoms with Crippen molar-refractivity contribution in [2.45, 2.75) is 31.3 Å². The van der Waals surface area contributed by atoms with Crippen molar-refractivity contribution < 1.29 is 15.0 Å². The zero-order chi connectivity index (χ0) is 18.7. The summed E-state index contributed by atoms with van der Waals surface area (Å²) in [5.74, 6) is 0. The number of benzene rings is 2. The van der Waals surface area contributed by atoms with E-state index in [1.54, 1.807) is 0 Å². The van der Waals surface area contributed by atoms with Gasteiger partial charge in [-0.15, -0.1) is 0 Å². The van der Waals surface area contributed by atoms with E-state index in [1.165, 1.54) is 11.8 Å². The first-order valence-electron chi connectivity index (χ1n) is 8.61. The number of thioether (sulfide) groups is 1. The molecule has 4 nitrogen and oxygen atoms in total. The van der Waals surface area contributed by atoms with E-state index in [2.05, 4.69) is 4.57 Å². The van der Waals surface area contributed by atoms with Crippen LogP contribution in [-0.4, -0.2) is 26.5 Å². The number of nitrogens with zero attached hydrogens (tertiary/aromatic N) is 1. The van der Waals surface area contributed by atoms with Crippen molar-refractivity contribution in [1.29, 1.82) is 0 Å². The minimum absolute atomic E-state index is 0.0103. The van der Waals surface area contributed by atoms with E-state index < -0.39 is 0 Å². The van der Waals surface area contributed by atoms with Gasteiger partial charge in [-0.3, -0.25) is 4.79 Å². The predicted octanol–water partition coefficient (Wildman–Crippen LogP) is 3.38. The molecule has 26 heavy (non-hydrogen) atoms. The number of hydrogen-bond donors (Lipinski definition) is 2. The summed E-state index contributed by atoms with van der Waals surface area (Å²) < 4.78 is 2.09. The Labute approximate surface area is 157 Å². The van der Waals surface area contributed by atoms with E-state index in [9.17, 15) is 9.90 Å². The number of carbonyl (C=O) groups is 1. The third-order valence-electron chi connectivity index (χ3n) is 4.72. The van der Waals surface area contributed by atoms with Crippen LogP contribution >= 0.6 is 11.8 Å². The number of aromatic nitrogens is 1. The van der Waals surface area contributed by atoms with E-state index in [-0.39, 0.29) is 18.3 Å². The summed E-state index contributed by atoms with van der Waals surface area (Å²) in [5.41, 5.74) is 5.03. The monoisotopic (exact) mass is 369 g/mol. The fourth-order valence-corrected chi connectivity index (χ4v) is 4.06. The van der Waals surface area contributed by atoms with Gasteiger partial charge in [0.2, 0.25) is 0 Å². The third kappa shape index (κ3) is 3.85. The number of aliphatic hydroxyl groups is 2. The molecule has 3 rings (SSSR count). The van der Waals surface area contributed by atoms with E-state index in [4.69, 9.17) is 5.11 Å². The molecule has 0 amide bonds. The zero-order valence-electron chi connectivity index (χ0n) is 15.0. The lowest BCUT2D eigenvalue weighted by atomic mass is 10.1. The predicted molar refractivity (Wildman–Crippen MR) is 105 cm³/mol. The largest absolute Gasteiger partial charge is 0.396 e. The van der Waals surface area contributed by atoms with Crippen LogP contribution in [0.1, 0.15) is 22.4 Å². The fraction of sp³-hybridized carbons (Fsp3) is 0.286. The molecule has 0 saturated carbocycles. The summed E-state index contributed by atoms with van der Waals surface area (Å²) in [6, 6.07) is 13.6. The molecule has 0 spiro atoms. The van der Waals surface area contributed by atoms with Crippen LogP contribution in [0.4, 0.5) is 0 Å². The molecule has 0 aliphatic heterocycles. The second-order valence-electron chi connectivity index (χ2n) is 6.40. The standard InChI is InChI=1S/C21H23NO3S/c1-14-18(19-11-16(13-24)6-7-20(19)22(14)2)12-21(25)26-17-5-3-4-15(10-17)8-9-23/h3-7,10-11,23-24H,8-9,12-13H2,1-2H3. The molecule has 0 unspecified atom stereocenters. The zero-order valence-corrected chi connectivity index (χ0v) is 15.8. The third-order valence-corrected chi connectivity index (χ3v) is 5.58. The molecular weight excluding hydrogens is 346 g/mol. The van der Waals surface area contributed by atoms with Crippen molar-refractivity contribution in [3.63, 3.8) is 0 Å². The Morgan fingerprint density at radius 3 is 2.65 bits per heavy atom. The maximum absolute atomic E-state index is 12.7. The molecule has 5 heteroatoms. The summed E-state index contributed by atoms with van der Waals surface area (Å²) in [4.78, 5) is 13.6. The maximum atomic E-state index is 12.7. The van der Waals surface area contributed by atoms with E-state index >= 15 is 0 Å². The summed E-state index contributed by atoms with van der Waals surface area (Å²) in [6.45, 7) is 2.11. The number of aryl methyl sites for hydroxylation is 1. The van der Waals surface area contributed by atoms with Crippen LogP contribution in [0.15, 0.2) is 47.4 Å². The Hall–Kier alpha value is -2.08. The first kappa shape index (κ1) is 18.7. The molecule has 0 radical (unpaired) electrons. The average Bonchev–Trinajstić information content (AvgIpc) is 2.86. The summed E-state index contributed by atoms with van der Waals surface area (Å²) in [5, 5.41) is 19.6. The van der Waals surface area contributed by atoms with Crippen molar-refractivity contribution in [2.24, 2.45) is 7.05 Å². The molecule has 0 saturated heterocycles. The first-order valence-corrected chi connectivity index (χ1v) is 9.43. The van der Waals surface area contributed by atoms with Gasteiger partial charge in [-0.2, -0.15) is 0 Å². The van der Waals surface area contributed by atoms with Crippen LogP contribution in [0.25, 0.3) is 10.9 Å². The van der Waals surface area contributed by atoms with Gasteiger partial charge in [0.05, 0.1) is 6.61 Å². The smallest absolute Gasteiger partial charge is 0.198 e. The van der Waals surface area contributed by atoms with Crippen molar-refractivity contribution in [3.05, 3.63) is 64.8 Å². The number of rotatable bonds is 6. The van der Waals surface area contributed by atoms with E-state index in [1.807, 2.05) is 56.4 Å². The van der Waals surface area contributed by atoms with Crippen LogP contribution in [0, 0.1) is 6.92 Å². The van der Waals surface area contributed by atoms with E-state index in [0.29, 0.717) is 12.8 Å². The van der Waals surface area contributed by atoms with Crippen LogP contribution in [0.3, 0.4) is 0 Å². The highest BCUT2D eigenvalue weighted by Crippen LogP contribution is 2.29. The summed E-state index contributed by atoms with van der Waals surface area (Å²) >= 11 is 1.24. The minimum Gasteiger partial charge on any atom is -0.396 e. The van der Waals surface area contributed by atoms with Gasteiger partial charge in [0.1, 0.15) is 0 Å². The van der Waals surface area contributed by atoms with Gasteiger partial charge in [-0.25, -0.2) is 0 Å². The van der Waals surface area contributed by atoms with Gasteiger partial charge in [0, 0.05) is 41.6 Å². The molecule has 1 aromatic heterocycles. The highest BCUT2D eigenvalue weighted by molar-refractivity contribution is 8.13. The Morgan fingerprint density at radius 1 is 1.12 bits per heavy atom. The second-order valence-corrected chi connectivity index (χ2v) is 7.54. The van der Waals surface area contributed by atoms with Crippen molar-refractivity contribution >= 4 is 27.8 Å². The number of aliphatic hydroxyl groups excluding tert-OH is 2. The Morgan fingerprint density at radius 2 is 1.92 bits per heavy atom. The lowest BCUT2D eigenvalue weighted by Crippen LogP contribution is -2.00. The quantitative estimate of drug-likeness (QED) is 0.654. The normalized spacial score (nSPS) is 11.2. The molecule has 1 heterocycles. The number of hydrogen-bond acceptors (Lipinski definition) is 4. The highest BCUT2D eigenvalue weighted by atomic mass is 32.2. The SMILES string of the molecule is Cc1c(CC(=O)Sc2cccc(CCO)c2)c2cc(CO)ccc2n1C. The molecule has 0 aliphatic rings. The van der Waals surface area contributed by atoms with Crippen molar-refractivity contribution in [3.8, 4) is 0 Å². The van der Waals surface area contributed by atoms with Crippen LogP contribution in [0.5, 0.6) is 0 Å². The van der Waals surface area contributed by atoms with Gasteiger partial charge in [0.25, 0.3) is 0 Å². The Balaban J connectivity index is 1.85. The maximum Gasteiger partial charge on any atom is 0.198 e. The molecule has 0 aliphatic carbocycles. The summed E-state index contributed by atoms with van der Waals surface area (Å²) in [6.07, 6.45) is 0.932. The molecule has 2 N–H and O–H groups in total. The average molecular weight is 369 g/mol. The first-order chi connectivity index (χ1) is 12.5. The molecule has 0 atom stereocenters. The van der Waals surface area contributed by atoms with Crippen LogP contribution in [-0.2, 0) is 31.3 Å². The summed E-state index contributed by atoms with van der Waals surface area (Å²) in [7, 11) is 2.00. The second kappa shape index (κ2) is 8.08.